The van der Waals surface area contributed by atoms with E-state index in [0.29, 0.717) is 27.2 Å². The highest BCUT2D eigenvalue weighted by Gasteiger charge is 2.19. The number of ether oxygens (including phenoxy) is 1. The fraction of sp³-hybridized carbons (Fsp3) is 0.0870. The van der Waals surface area contributed by atoms with Gasteiger partial charge in [-0.25, -0.2) is 9.37 Å². The molecule has 2 aromatic heterocycles. The van der Waals surface area contributed by atoms with Crippen molar-refractivity contribution in [3.05, 3.63) is 88.9 Å². The number of thiazole rings is 1. The largest absolute Gasteiger partial charge is 0.486 e. The Balaban J connectivity index is 1.45. The topological polar surface area (TPSA) is 81.4 Å². The molecule has 0 aliphatic heterocycles. The van der Waals surface area contributed by atoms with Crippen molar-refractivity contribution in [2.45, 2.75) is 13.5 Å². The van der Waals surface area contributed by atoms with E-state index < -0.39 is 5.91 Å². The van der Waals surface area contributed by atoms with Crippen molar-refractivity contribution in [1.29, 1.82) is 0 Å². The molecule has 0 radical (unpaired) electrons. The van der Waals surface area contributed by atoms with Gasteiger partial charge >= 0.3 is 0 Å². The number of anilines is 1. The highest BCUT2D eigenvalue weighted by atomic mass is 32.1. The number of ketones is 1. The summed E-state index contributed by atoms with van der Waals surface area (Å²) in [6, 6.07) is 18.0. The second-order valence-corrected chi connectivity index (χ2v) is 7.58. The van der Waals surface area contributed by atoms with Gasteiger partial charge in [0, 0.05) is 12.5 Å². The van der Waals surface area contributed by atoms with Crippen molar-refractivity contribution in [3.8, 4) is 17.0 Å². The number of halogens is 1. The molecule has 1 amide bonds. The summed E-state index contributed by atoms with van der Waals surface area (Å²) in [5, 5.41) is 2.98. The first kappa shape index (κ1) is 20.5. The maximum atomic E-state index is 12.9. The number of benzene rings is 2. The van der Waals surface area contributed by atoms with Gasteiger partial charge in [-0.2, -0.15) is 0 Å². The zero-order valence-corrected chi connectivity index (χ0v) is 17.2. The number of nitrogens with zero attached hydrogens (tertiary/aromatic N) is 1. The SMILES string of the molecule is CC(=O)c1sc(NC(=O)c2ccc(COc3ccc(F)cc3)o2)nc1-c1ccccc1. The Kier molecular flexibility index (Phi) is 5.90. The van der Waals surface area contributed by atoms with E-state index in [0.717, 1.165) is 16.9 Å². The van der Waals surface area contributed by atoms with E-state index >= 15 is 0 Å². The van der Waals surface area contributed by atoms with E-state index in [1.54, 1.807) is 6.07 Å². The Morgan fingerprint density at radius 3 is 2.52 bits per heavy atom. The summed E-state index contributed by atoms with van der Waals surface area (Å²) in [5.41, 5.74) is 1.32. The van der Waals surface area contributed by atoms with Gasteiger partial charge in [0.05, 0.1) is 10.6 Å². The van der Waals surface area contributed by atoms with Crippen LogP contribution in [0.3, 0.4) is 0 Å². The van der Waals surface area contributed by atoms with E-state index in [1.165, 1.54) is 37.3 Å². The summed E-state index contributed by atoms with van der Waals surface area (Å²) < 4.78 is 24.0. The van der Waals surface area contributed by atoms with E-state index in [-0.39, 0.29) is 24.0 Å². The van der Waals surface area contributed by atoms with Crippen LogP contribution in [0.1, 0.15) is 32.9 Å². The number of carbonyl (C=O) groups excluding carboxylic acids is 2. The number of rotatable bonds is 7. The zero-order valence-electron chi connectivity index (χ0n) is 16.4. The average Bonchev–Trinajstić information content (AvgIpc) is 3.41. The molecule has 0 aliphatic carbocycles. The average molecular weight is 436 g/mol. The molecule has 1 N–H and O–H groups in total. The molecule has 2 aromatic carbocycles. The van der Waals surface area contributed by atoms with Gasteiger partial charge in [-0.15, -0.1) is 0 Å². The first-order valence-electron chi connectivity index (χ1n) is 9.35. The van der Waals surface area contributed by atoms with Crippen LogP contribution in [0, 0.1) is 5.82 Å². The lowest BCUT2D eigenvalue weighted by Gasteiger charge is -2.03. The van der Waals surface area contributed by atoms with E-state index in [4.69, 9.17) is 9.15 Å². The summed E-state index contributed by atoms with van der Waals surface area (Å²) in [7, 11) is 0. The van der Waals surface area contributed by atoms with E-state index in [1.807, 2.05) is 30.3 Å². The molecular weight excluding hydrogens is 419 g/mol. The summed E-state index contributed by atoms with van der Waals surface area (Å²) in [6.45, 7) is 1.55. The summed E-state index contributed by atoms with van der Waals surface area (Å²) >= 11 is 1.11. The monoisotopic (exact) mass is 436 g/mol. The van der Waals surface area contributed by atoms with Crippen LogP contribution in [0.4, 0.5) is 9.52 Å². The third-order valence-corrected chi connectivity index (χ3v) is 5.37. The van der Waals surface area contributed by atoms with Crippen LogP contribution in [-0.2, 0) is 6.61 Å². The predicted octanol–water partition coefficient (Wildman–Crippen LogP) is 5.58. The molecule has 8 heteroatoms. The van der Waals surface area contributed by atoms with Gasteiger partial charge in [-0.05, 0) is 36.4 Å². The van der Waals surface area contributed by atoms with Gasteiger partial charge < -0.3 is 9.15 Å². The first-order valence-corrected chi connectivity index (χ1v) is 10.2. The lowest BCUT2D eigenvalue weighted by molar-refractivity contribution is 0.0990. The number of hydrogen-bond donors (Lipinski definition) is 1. The van der Waals surface area contributed by atoms with Crippen LogP contribution in [0.5, 0.6) is 5.75 Å². The number of aromatic nitrogens is 1. The summed E-state index contributed by atoms with van der Waals surface area (Å²) in [5.74, 6) is 0.0276. The minimum Gasteiger partial charge on any atom is -0.486 e. The van der Waals surface area contributed by atoms with Crippen LogP contribution in [0.15, 0.2) is 71.1 Å². The highest BCUT2D eigenvalue weighted by molar-refractivity contribution is 7.18. The smallest absolute Gasteiger partial charge is 0.293 e. The number of nitrogens with one attached hydrogen (secondary N) is 1. The molecule has 6 nitrogen and oxygen atoms in total. The second kappa shape index (κ2) is 8.93. The Hall–Kier alpha value is -3.78. The number of furan rings is 1. The molecule has 31 heavy (non-hydrogen) atoms. The van der Waals surface area contributed by atoms with Crippen LogP contribution in [0.25, 0.3) is 11.3 Å². The predicted molar refractivity (Wildman–Crippen MR) is 115 cm³/mol. The molecule has 156 valence electrons. The van der Waals surface area contributed by atoms with Gasteiger partial charge in [0.2, 0.25) is 0 Å². The van der Waals surface area contributed by atoms with Crippen molar-refractivity contribution in [2.24, 2.45) is 0 Å². The molecule has 4 rings (SSSR count). The highest BCUT2D eigenvalue weighted by Crippen LogP contribution is 2.31. The van der Waals surface area contributed by atoms with E-state index in [9.17, 15) is 14.0 Å². The van der Waals surface area contributed by atoms with Gasteiger partial charge in [0.1, 0.15) is 23.9 Å². The Morgan fingerprint density at radius 1 is 1.06 bits per heavy atom. The Morgan fingerprint density at radius 2 is 1.81 bits per heavy atom. The molecule has 4 aromatic rings. The minimum absolute atomic E-state index is 0.0820. The quantitative estimate of drug-likeness (QED) is 0.383. The normalized spacial score (nSPS) is 10.6. The fourth-order valence-electron chi connectivity index (χ4n) is 2.83. The van der Waals surface area contributed by atoms with Crippen molar-refractivity contribution in [3.63, 3.8) is 0 Å². The number of amides is 1. The van der Waals surface area contributed by atoms with E-state index in [2.05, 4.69) is 10.3 Å². The number of hydrogen-bond acceptors (Lipinski definition) is 6. The molecule has 0 saturated heterocycles. The standard InChI is InChI=1S/C23H17FN2O4S/c1-14(27)21-20(15-5-3-2-4-6-15)25-23(31-21)26-22(28)19-12-11-18(30-19)13-29-17-9-7-16(24)8-10-17/h2-12H,13H2,1H3,(H,25,26,28). The third kappa shape index (κ3) is 4.87. The van der Waals surface area contributed by atoms with Crippen LogP contribution >= 0.6 is 11.3 Å². The maximum absolute atomic E-state index is 12.9. The van der Waals surface area contributed by atoms with Crippen LogP contribution in [-0.4, -0.2) is 16.7 Å². The number of carbonyl (C=O) groups is 2. The third-order valence-electron chi connectivity index (χ3n) is 4.29. The molecule has 0 fully saturated rings. The lowest BCUT2D eigenvalue weighted by Crippen LogP contribution is -2.10. The van der Waals surface area contributed by atoms with Gasteiger partial charge in [-0.3, -0.25) is 14.9 Å². The maximum Gasteiger partial charge on any atom is 0.293 e. The van der Waals surface area contributed by atoms with Gasteiger partial charge in [-0.1, -0.05) is 41.7 Å². The second-order valence-electron chi connectivity index (χ2n) is 6.58. The Bertz CT molecular complexity index is 1220. The molecule has 0 bridgehead atoms. The van der Waals surface area contributed by atoms with Crippen molar-refractivity contribution >= 4 is 28.2 Å². The van der Waals surface area contributed by atoms with Gasteiger partial charge in [0.25, 0.3) is 5.91 Å². The summed E-state index contributed by atoms with van der Waals surface area (Å²) in [6.07, 6.45) is 0. The molecule has 0 atom stereocenters. The van der Waals surface area contributed by atoms with Crippen molar-refractivity contribution in [2.75, 3.05) is 5.32 Å². The van der Waals surface area contributed by atoms with Crippen molar-refractivity contribution < 1.29 is 23.1 Å². The molecule has 0 unspecified atom stereocenters. The fourth-order valence-corrected chi connectivity index (χ4v) is 3.70. The zero-order chi connectivity index (χ0) is 21.8. The van der Waals surface area contributed by atoms with Crippen molar-refractivity contribution in [1.82, 2.24) is 4.98 Å². The Labute approximate surface area is 181 Å². The minimum atomic E-state index is -0.489. The number of Topliss-reactive ketones (excluding diaryl/α,β-unsaturated/α-hetero) is 1. The van der Waals surface area contributed by atoms with Crippen LogP contribution in [0.2, 0.25) is 0 Å². The molecule has 2 heterocycles. The van der Waals surface area contributed by atoms with Gasteiger partial charge in [0.15, 0.2) is 16.7 Å². The molecule has 0 saturated carbocycles. The molecular formula is C23H17FN2O4S. The molecule has 0 aliphatic rings. The summed E-state index contributed by atoms with van der Waals surface area (Å²) in [4.78, 5) is 29.5. The molecule has 0 spiro atoms. The lowest BCUT2D eigenvalue weighted by atomic mass is 10.1. The van der Waals surface area contributed by atoms with Crippen LogP contribution < -0.4 is 10.1 Å². The first-order chi connectivity index (χ1) is 15.0.